The smallest absolute Gasteiger partial charge is 0.336 e. The fourth-order valence-electron chi connectivity index (χ4n) is 1.50. The zero-order chi connectivity index (χ0) is 11.7. The summed E-state index contributed by atoms with van der Waals surface area (Å²) in [7, 11) is 1.70. The van der Waals surface area contributed by atoms with Crippen molar-refractivity contribution < 1.29 is 15.0 Å². The van der Waals surface area contributed by atoms with Gasteiger partial charge in [0.15, 0.2) is 0 Å². The lowest BCUT2D eigenvalue weighted by Crippen LogP contribution is -2.09. The Morgan fingerprint density at radius 2 is 2.31 bits per heavy atom. The molecule has 0 aliphatic rings. The number of aromatic carboxylic acids is 1. The Labute approximate surface area is 95.6 Å². The third-order valence-electron chi connectivity index (χ3n) is 2.31. The number of thiophene rings is 1. The number of nitrogens with zero attached hydrogens (tertiary/aromatic N) is 2. The van der Waals surface area contributed by atoms with Crippen molar-refractivity contribution in [2.45, 2.75) is 6.10 Å². The zero-order valence-corrected chi connectivity index (χ0v) is 9.31. The highest BCUT2D eigenvalue weighted by Gasteiger charge is 2.21. The number of aryl methyl sites for hydroxylation is 1. The molecule has 2 aromatic heterocycles. The minimum atomic E-state index is -1.03. The van der Waals surface area contributed by atoms with Crippen LogP contribution in [0.5, 0.6) is 0 Å². The number of rotatable bonds is 3. The predicted molar refractivity (Wildman–Crippen MR) is 58.5 cm³/mol. The van der Waals surface area contributed by atoms with Crippen LogP contribution in [-0.4, -0.2) is 26.0 Å². The lowest BCUT2D eigenvalue weighted by molar-refractivity contribution is 0.0692. The molecule has 2 rings (SSSR count). The van der Waals surface area contributed by atoms with Crippen LogP contribution in [0.2, 0.25) is 0 Å². The third-order valence-corrected chi connectivity index (χ3v) is 3.28. The van der Waals surface area contributed by atoms with Crippen LogP contribution in [-0.2, 0) is 7.05 Å². The monoisotopic (exact) mass is 238 g/mol. The van der Waals surface area contributed by atoms with Crippen molar-refractivity contribution in [1.82, 2.24) is 9.78 Å². The van der Waals surface area contributed by atoms with Gasteiger partial charge in [-0.3, -0.25) is 4.68 Å². The van der Waals surface area contributed by atoms with E-state index in [0.29, 0.717) is 10.6 Å². The fourth-order valence-corrected chi connectivity index (χ4v) is 2.38. The van der Waals surface area contributed by atoms with Gasteiger partial charge in [-0.15, -0.1) is 11.3 Å². The summed E-state index contributed by atoms with van der Waals surface area (Å²) in [4.78, 5) is 11.3. The SMILES string of the molecule is Cn1nccc1C(O)c1sccc1C(=O)O. The van der Waals surface area contributed by atoms with Crippen molar-refractivity contribution in [2.75, 3.05) is 0 Å². The first-order valence-corrected chi connectivity index (χ1v) is 5.46. The lowest BCUT2D eigenvalue weighted by Gasteiger charge is -2.10. The van der Waals surface area contributed by atoms with E-state index >= 15 is 0 Å². The van der Waals surface area contributed by atoms with Crippen molar-refractivity contribution in [2.24, 2.45) is 7.05 Å². The summed E-state index contributed by atoms with van der Waals surface area (Å²) in [5.74, 6) is -1.03. The lowest BCUT2D eigenvalue weighted by atomic mass is 10.1. The Hall–Kier alpha value is -1.66. The molecule has 0 aliphatic carbocycles. The van der Waals surface area contributed by atoms with E-state index in [2.05, 4.69) is 5.10 Å². The van der Waals surface area contributed by atoms with Crippen LogP contribution in [0.3, 0.4) is 0 Å². The van der Waals surface area contributed by atoms with E-state index in [0.717, 1.165) is 0 Å². The minimum Gasteiger partial charge on any atom is -0.478 e. The van der Waals surface area contributed by atoms with Gasteiger partial charge in [0.05, 0.1) is 16.1 Å². The number of aromatic nitrogens is 2. The van der Waals surface area contributed by atoms with Crippen LogP contribution in [0.15, 0.2) is 23.7 Å². The van der Waals surface area contributed by atoms with E-state index in [1.165, 1.54) is 22.1 Å². The van der Waals surface area contributed by atoms with E-state index in [9.17, 15) is 9.90 Å². The summed E-state index contributed by atoms with van der Waals surface area (Å²) >= 11 is 1.22. The first kappa shape index (κ1) is 10.8. The highest BCUT2D eigenvalue weighted by molar-refractivity contribution is 7.10. The van der Waals surface area contributed by atoms with Crippen molar-refractivity contribution in [3.05, 3.63) is 39.8 Å². The highest BCUT2D eigenvalue weighted by Crippen LogP contribution is 2.29. The second-order valence-electron chi connectivity index (χ2n) is 3.29. The Morgan fingerprint density at radius 1 is 1.56 bits per heavy atom. The average molecular weight is 238 g/mol. The van der Waals surface area contributed by atoms with Crippen molar-refractivity contribution in [3.63, 3.8) is 0 Å². The standard InChI is InChI=1S/C10H10N2O3S/c1-12-7(2-4-11-12)8(13)9-6(10(14)15)3-5-16-9/h2-5,8,13H,1H3,(H,14,15). The molecule has 2 N–H and O–H groups in total. The Kier molecular flexibility index (Phi) is 2.76. The van der Waals surface area contributed by atoms with Gasteiger partial charge in [0.25, 0.3) is 0 Å². The Bertz CT molecular complexity index is 518. The molecule has 1 unspecified atom stereocenters. The number of aliphatic hydroxyl groups is 1. The molecule has 0 aliphatic heterocycles. The van der Waals surface area contributed by atoms with Gasteiger partial charge in [-0.2, -0.15) is 5.10 Å². The Morgan fingerprint density at radius 3 is 2.88 bits per heavy atom. The zero-order valence-electron chi connectivity index (χ0n) is 8.49. The first-order valence-electron chi connectivity index (χ1n) is 4.58. The van der Waals surface area contributed by atoms with Crippen LogP contribution in [0.4, 0.5) is 0 Å². The molecule has 2 aromatic rings. The predicted octanol–water partition coefficient (Wildman–Crippen LogP) is 1.26. The number of carbonyl (C=O) groups is 1. The van der Waals surface area contributed by atoms with E-state index in [1.807, 2.05) is 0 Å². The van der Waals surface area contributed by atoms with E-state index in [4.69, 9.17) is 5.11 Å². The summed E-state index contributed by atoms with van der Waals surface area (Å²) in [6, 6.07) is 3.15. The quantitative estimate of drug-likeness (QED) is 0.844. The molecule has 0 spiro atoms. The molecule has 0 saturated carbocycles. The largest absolute Gasteiger partial charge is 0.478 e. The molecule has 0 bridgehead atoms. The Balaban J connectivity index is 2.42. The van der Waals surface area contributed by atoms with Crippen LogP contribution < -0.4 is 0 Å². The summed E-state index contributed by atoms with van der Waals surface area (Å²) < 4.78 is 1.52. The number of carboxylic acids is 1. The van der Waals surface area contributed by atoms with E-state index in [1.54, 1.807) is 24.7 Å². The molecule has 84 valence electrons. The van der Waals surface area contributed by atoms with Gasteiger partial charge in [-0.05, 0) is 17.5 Å². The molecule has 5 nitrogen and oxygen atoms in total. The van der Waals surface area contributed by atoms with Crippen LogP contribution in [0.25, 0.3) is 0 Å². The van der Waals surface area contributed by atoms with Crippen LogP contribution in [0, 0.1) is 0 Å². The molecule has 16 heavy (non-hydrogen) atoms. The normalized spacial score (nSPS) is 12.6. The van der Waals surface area contributed by atoms with E-state index < -0.39 is 12.1 Å². The molecule has 2 heterocycles. The fraction of sp³-hybridized carbons (Fsp3) is 0.200. The molecule has 0 saturated heterocycles. The first-order chi connectivity index (χ1) is 7.61. The topological polar surface area (TPSA) is 75.3 Å². The number of carboxylic acid groups (broad SMARTS) is 1. The van der Waals surface area contributed by atoms with Crippen molar-refractivity contribution >= 4 is 17.3 Å². The second-order valence-corrected chi connectivity index (χ2v) is 4.23. The van der Waals surface area contributed by atoms with Gasteiger partial charge in [0.2, 0.25) is 0 Å². The third kappa shape index (κ3) is 1.72. The van der Waals surface area contributed by atoms with Gasteiger partial charge in [-0.25, -0.2) is 4.79 Å². The van der Waals surface area contributed by atoms with Crippen molar-refractivity contribution in [1.29, 1.82) is 0 Å². The van der Waals surface area contributed by atoms with E-state index in [-0.39, 0.29) is 5.56 Å². The highest BCUT2D eigenvalue weighted by atomic mass is 32.1. The van der Waals surface area contributed by atoms with Gasteiger partial charge in [0, 0.05) is 13.2 Å². The summed E-state index contributed by atoms with van der Waals surface area (Å²) in [6.45, 7) is 0. The maximum atomic E-state index is 10.9. The van der Waals surface area contributed by atoms with Crippen molar-refractivity contribution in [3.8, 4) is 0 Å². The minimum absolute atomic E-state index is 0.138. The number of hydrogen-bond acceptors (Lipinski definition) is 4. The summed E-state index contributed by atoms with van der Waals surface area (Å²) in [5.41, 5.74) is 0.712. The molecule has 6 heteroatoms. The van der Waals surface area contributed by atoms with Gasteiger partial charge < -0.3 is 10.2 Å². The molecule has 0 radical (unpaired) electrons. The summed E-state index contributed by atoms with van der Waals surface area (Å²) in [6.07, 6.45) is 0.616. The van der Waals surface area contributed by atoms with Gasteiger partial charge >= 0.3 is 5.97 Å². The number of hydrogen-bond donors (Lipinski definition) is 2. The summed E-state index contributed by atoms with van der Waals surface area (Å²) in [5, 5.41) is 24.6. The molecular weight excluding hydrogens is 228 g/mol. The molecular formula is C10H10N2O3S. The maximum absolute atomic E-state index is 10.9. The molecule has 0 fully saturated rings. The second kappa shape index (κ2) is 4.07. The van der Waals surface area contributed by atoms with Crippen LogP contribution >= 0.6 is 11.3 Å². The molecule has 1 atom stereocenters. The average Bonchev–Trinajstić information content (AvgIpc) is 2.84. The van der Waals surface area contributed by atoms with Gasteiger partial charge in [0.1, 0.15) is 6.10 Å². The maximum Gasteiger partial charge on any atom is 0.336 e. The molecule has 0 aromatic carbocycles. The van der Waals surface area contributed by atoms with Crippen LogP contribution in [0.1, 0.15) is 27.0 Å². The number of aliphatic hydroxyl groups excluding tert-OH is 1. The van der Waals surface area contributed by atoms with Gasteiger partial charge in [-0.1, -0.05) is 0 Å². The molecule has 0 amide bonds.